The summed E-state index contributed by atoms with van der Waals surface area (Å²) >= 11 is 37.0. The fraction of sp³-hybridized carbons (Fsp3) is 0.406. The predicted molar refractivity (Wildman–Crippen MR) is 499 cm³/mol. The Labute approximate surface area is 749 Å². The van der Waals surface area contributed by atoms with Crippen molar-refractivity contribution in [3.8, 4) is 33.4 Å². The molecular weight excluding hydrogens is 1640 g/mol. The van der Waals surface area contributed by atoms with Gasteiger partial charge in [0.25, 0.3) is 0 Å². The number of anilines is 3. The number of halogens is 6. The van der Waals surface area contributed by atoms with Crippen molar-refractivity contribution < 1.29 is 14.4 Å². The van der Waals surface area contributed by atoms with Gasteiger partial charge >= 0.3 is 0 Å². The van der Waals surface area contributed by atoms with Crippen LogP contribution in [0.4, 0.5) is 34.1 Å². The minimum absolute atomic E-state index is 0.0472. The smallest absolute Gasteiger partial charge is 0.238 e. The monoisotopic (exact) mass is 1740 g/mol. The molecule has 6 heterocycles. The van der Waals surface area contributed by atoms with Gasteiger partial charge in [0.15, 0.2) is 17.1 Å². The van der Waals surface area contributed by atoms with Crippen molar-refractivity contribution in [3.63, 3.8) is 0 Å². The van der Waals surface area contributed by atoms with Crippen LogP contribution in [0.5, 0.6) is 0 Å². The molecule has 3 saturated carbocycles. The Morgan fingerprint density at radius 3 is 0.926 bits per heavy atom. The molecule has 3 saturated heterocycles. The first-order chi connectivity index (χ1) is 59.4. The van der Waals surface area contributed by atoms with Crippen LogP contribution in [-0.4, -0.2) is 144 Å². The molecular formula is C101H106Cl6N12O3. The van der Waals surface area contributed by atoms with Gasteiger partial charge in [-0.1, -0.05) is 204 Å². The molecule has 3 N–H and O–H groups in total. The molecule has 18 rings (SSSR count). The highest BCUT2D eigenvalue weighted by Crippen LogP contribution is 2.48. The lowest BCUT2D eigenvalue weighted by Gasteiger charge is -2.47. The lowest BCUT2D eigenvalue weighted by molar-refractivity contribution is -0.119. The minimum Gasteiger partial charge on any atom is -0.325 e. The van der Waals surface area contributed by atoms with E-state index in [1.54, 1.807) is 54.6 Å². The highest BCUT2D eigenvalue weighted by Gasteiger charge is 2.42. The van der Waals surface area contributed by atoms with Crippen LogP contribution in [0.1, 0.15) is 154 Å². The maximum absolute atomic E-state index is 13.3. The number of fused-ring (bicyclic) bond motifs is 3. The molecule has 122 heavy (non-hydrogen) atoms. The molecule has 9 aliphatic rings. The van der Waals surface area contributed by atoms with Crippen molar-refractivity contribution in [1.82, 2.24) is 29.4 Å². The second-order valence-corrected chi connectivity index (χ2v) is 37.7. The molecule has 6 fully saturated rings. The summed E-state index contributed by atoms with van der Waals surface area (Å²) in [6.07, 6.45) is 23.2. The van der Waals surface area contributed by atoms with Crippen LogP contribution in [0.25, 0.3) is 47.9 Å². The number of benzene rings is 9. The quantitative estimate of drug-likeness (QED) is 0.0680. The van der Waals surface area contributed by atoms with Crippen LogP contribution in [0, 0.1) is 43.4 Å². The zero-order valence-electron chi connectivity index (χ0n) is 69.2. The summed E-state index contributed by atoms with van der Waals surface area (Å²) in [7, 11) is 0. The molecule has 0 spiro atoms. The summed E-state index contributed by atoms with van der Waals surface area (Å²) in [5.74, 6) is 2.26. The molecule has 9 aromatic rings. The normalized spacial score (nSPS) is 20.3. The van der Waals surface area contributed by atoms with E-state index in [-0.39, 0.29) is 35.8 Å². The maximum atomic E-state index is 13.3. The minimum atomic E-state index is -0.0504. The zero-order valence-corrected chi connectivity index (χ0v) is 73.7. The number of rotatable bonds is 19. The lowest BCUT2D eigenvalue weighted by atomic mass is 9.78. The molecule has 9 aromatic carbocycles. The third-order valence-corrected chi connectivity index (χ3v) is 28.3. The van der Waals surface area contributed by atoms with E-state index in [2.05, 4.69) is 133 Å². The maximum Gasteiger partial charge on any atom is 0.238 e. The Hall–Kier alpha value is -8.64. The summed E-state index contributed by atoms with van der Waals surface area (Å²) in [5, 5.41) is 12.1. The second kappa shape index (κ2) is 40.6. The molecule has 3 unspecified atom stereocenters. The van der Waals surface area contributed by atoms with Gasteiger partial charge in [-0.3, -0.25) is 29.1 Å². The number of nitrogens with zero attached hydrogens (tertiary/aromatic N) is 9. The van der Waals surface area contributed by atoms with E-state index >= 15 is 0 Å². The van der Waals surface area contributed by atoms with Crippen LogP contribution in [-0.2, 0) is 33.6 Å². The van der Waals surface area contributed by atoms with Crippen LogP contribution in [0.2, 0.25) is 30.1 Å². The lowest BCUT2D eigenvalue weighted by Crippen LogP contribution is -2.49. The average molecular weight is 1750 g/mol. The van der Waals surface area contributed by atoms with E-state index in [4.69, 9.17) is 89.3 Å². The van der Waals surface area contributed by atoms with E-state index in [1.165, 1.54) is 104 Å². The fourth-order valence-electron chi connectivity index (χ4n) is 20.7. The molecule has 0 radical (unpaired) electrons. The van der Waals surface area contributed by atoms with Crippen molar-refractivity contribution in [3.05, 3.63) is 280 Å². The van der Waals surface area contributed by atoms with Crippen molar-refractivity contribution in [2.24, 2.45) is 23.7 Å². The van der Waals surface area contributed by atoms with Crippen molar-refractivity contribution in [2.45, 2.75) is 152 Å². The Balaban J connectivity index is 0.000000136. The van der Waals surface area contributed by atoms with Crippen LogP contribution in [0.15, 0.2) is 182 Å². The van der Waals surface area contributed by atoms with Crippen LogP contribution < -0.4 is 16.0 Å². The van der Waals surface area contributed by atoms with Crippen molar-refractivity contribution in [2.75, 3.05) is 101 Å². The zero-order chi connectivity index (χ0) is 84.3. The second-order valence-electron chi connectivity index (χ2n) is 35.0. The number of carbonyl (C=O) groups excluding carboxylic acids is 3. The third-order valence-electron chi connectivity index (χ3n) is 27.0. The number of hydrogen-bond donors (Lipinski definition) is 3. The number of likely N-dealkylation sites (tertiary alicyclic amines) is 3. The molecule has 0 bridgehead atoms. The van der Waals surface area contributed by atoms with E-state index in [9.17, 15) is 14.4 Å². The number of hydrogen-bond acceptors (Lipinski definition) is 9. The first kappa shape index (κ1) is 86.9. The van der Waals surface area contributed by atoms with E-state index in [0.29, 0.717) is 102 Å². The van der Waals surface area contributed by atoms with Crippen LogP contribution >= 0.6 is 69.6 Å². The molecule has 21 heteroatoms. The number of piperidine rings is 3. The van der Waals surface area contributed by atoms with Gasteiger partial charge in [-0.25, -0.2) is 14.5 Å². The highest BCUT2D eigenvalue weighted by molar-refractivity contribution is 6.36. The standard InChI is InChI=1S/C35H38Cl2N4O.2C33H34Cl2N4O/c1-38-30-7-5-6-25(19-30)26-10-11-33-27(18-26)14-17-41(23-34(42)39-31-21-28(36)20-29(37)22-31)35(33)24-12-15-40(16-13-24)32-8-3-2-4-9-32;1-36-28-5-2-4-23(17-28)24-8-9-31-25(16-24)12-15-39(21-32(40)37-29-19-26(34)18-27(35)20-29)33(31)22-10-13-38(14-11-22)30-6-3-7-30;1-36-29-4-2-3-24(16-29)25-7-8-31-26(15-25)11-14-39(21-32(40)37-30-18-27(34)17-28(35)19-30)33(31)23-9-12-38(13-10-23)20-22-5-6-22/h5-7,10-11,18-22,24,32,35H,2-4,8-9,12-17,23H2,(H,39,42);2,4-5,8-9,16-20,22,30,33H,3,6-7,10-15,21H2,(H,37,40);2-4,7-8,15-19,22-23,33H,5-6,9-14,20-21H2,(H,37,40). The Bertz CT molecular complexity index is 5330. The van der Waals surface area contributed by atoms with Gasteiger partial charge in [-0.05, 0) is 299 Å². The molecule has 6 aliphatic heterocycles. The Morgan fingerprint density at radius 2 is 0.631 bits per heavy atom. The third kappa shape index (κ3) is 22.0. The summed E-state index contributed by atoms with van der Waals surface area (Å²) in [6.45, 7) is 33.7. The van der Waals surface area contributed by atoms with Gasteiger partial charge in [-0.2, -0.15) is 0 Å². The van der Waals surface area contributed by atoms with E-state index in [1.807, 2.05) is 54.6 Å². The molecule has 630 valence electrons. The highest BCUT2D eigenvalue weighted by atomic mass is 35.5. The van der Waals surface area contributed by atoms with Gasteiger partial charge in [0.05, 0.1) is 39.4 Å². The van der Waals surface area contributed by atoms with E-state index in [0.717, 1.165) is 168 Å². The molecule has 3 aliphatic carbocycles. The van der Waals surface area contributed by atoms with Gasteiger partial charge in [-0.15, -0.1) is 0 Å². The fourth-order valence-corrected chi connectivity index (χ4v) is 22.3. The average Bonchev–Trinajstić information content (AvgIpc) is 0.874. The number of amides is 3. The van der Waals surface area contributed by atoms with Gasteiger partial charge in [0.1, 0.15) is 0 Å². The van der Waals surface area contributed by atoms with Crippen molar-refractivity contribution in [1.29, 1.82) is 0 Å². The molecule has 15 nitrogen and oxygen atoms in total. The number of carbonyl (C=O) groups is 3. The first-order valence-electron chi connectivity index (χ1n) is 43.9. The Kier molecular flexibility index (Phi) is 28.9. The van der Waals surface area contributed by atoms with Crippen LogP contribution in [0.3, 0.4) is 0 Å². The first-order valence-corrected chi connectivity index (χ1v) is 46.2. The predicted octanol–water partition coefficient (Wildman–Crippen LogP) is 24.7. The van der Waals surface area contributed by atoms with Gasteiger partial charge in [0, 0.05) is 104 Å². The molecule has 3 amide bonds. The van der Waals surface area contributed by atoms with Gasteiger partial charge in [0.2, 0.25) is 17.7 Å². The molecule has 3 atom stereocenters. The van der Waals surface area contributed by atoms with Gasteiger partial charge < -0.3 is 30.7 Å². The molecule has 0 aromatic heterocycles. The SMILES string of the molecule is [C-]#[N+]c1cccc(-c2ccc3c(c2)CCN(CC(=O)Nc2cc(Cl)cc(Cl)c2)C3C2CCN(C3CCC3)CC2)c1.[C-]#[N+]c1cccc(-c2ccc3c(c2)CCN(CC(=O)Nc2cc(Cl)cc(Cl)c2)C3C2CCN(C3CCCCC3)CC2)c1.[C-]#[N+]c1cccc(-c2ccc3c(c2)CCN(CC(=O)Nc2cc(Cl)cc(Cl)c2)C3C2CCN(CC3CC3)CC2)c1. The number of nitrogens with one attached hydrogen (secondary N) is 3. The largest absolute Gasteiger partial charge is 0.325 e. The van der Waals surface area contributed by atoms with E-state index < -0.39 is 0 Å². The van der Waals surface area contributed by atoms with Crippen molar-refractivity contribution >= 4 is 121 Å². The Morgan fingerprint density at radius 1 is 0.328 bits per heavy atom. The summed E-state index contributed by atoms with van der Waals surface area (Å²) in [5.41, 5.74) is 18.6. The summed E-state index contributed by atoms with van der Waals surface area (Å²) in [6, 6.07) is 61.4. The summed E-state index contributed by atoms with van der Waals surface area (Å²) in [4.78, 5) is 65.9. The topological polar surface area (TPSA) is 120 Å². The summed E-state index contributed by atoms with van der Waals surface area (Å²) < 4.78 is 0.